The van der Waals surface area contributed by atoms with E-state index in [4.69, 9.17) is 4.43 Å². The van der Waals surface area contributed by atoms with E-state index < -0.39 is 8.32 Å². The van der Waals surface area contributed by atoms with Gasteiger partial charge in [0.25, 0.3) is 8.32 Å². The lowest BCUT2D eigenvalue weighted by atomic mass is 9.71. The molecule has 2 aromatic rings. The molecule has 0 heterocycles. The van der Waals surface area contributed by atoms with E-state index in [1.54, 1.807) is 0 Å². The SMILES string of the molecule is C=C[C@@H]1[C@H]2CC(=O)[C@H]2C[C@H]1O[Si](c1ccccc1)(c1ccccc1)C(C)(C)C. The van der Waals surface area contributed by atoms with Gasteiger partial charge in [0.1, 0.15) is 5.78 Å². The third-order valence-corrected chi connectivity index (χ3v) is 11.9. The van der Waals surface area contributed by atoms with Crippen LogP contribution in [0.2, 0.25) is 5.04 Å². The Morgan fingerprint density at radius 2 is 1.54 bits per heavy atom. The highest BCUT2D eigenvalue weighted by atomic mass is 28.4. The minimum Gasteiger partial charge on any atom is -0.404 e. The third-order valence-electron chi connectivity index (χ3n) is 6.79. The molecule has 0 spiro atoms. The summed E-state index contributed by atoms with van der Waals surface area (Å²) in [5.41, 5.74) is 0. The van der Waals surface area contributed by atoms with E-state index in [1.165, 1.54) is 10.4 Å². The van der Waals surface area contributed by atoms with Gasteiger partial charge in [-0.25, -0.2) is 0 Å². The maximum Gasteiger partial charge on any atom is 0.261 e. The fourth-order valence-corrected chi connectivity index (χ4v) is 10.1. The topological polar surface area (TPSA) is 26.3 Å². The van der Waals surface area contributed by atoms with Crippen molar-refractivity contribution in [1.82, 2.24) is 0 Å². The summed E-state index contributed by atoms with van der Waals surface area (Å²) in [4.78, 5) is 12.1. The second-order valence-electron chi connectivity index (χ2n) is 9.31. The number of hydrogen-bond donors (Lipinski definition) is 0. The summed E-state index contributed by atoms with van der Waals surface area (Å²) in [5, 5.41) is 2.54. The van der Waals surface area contributed by atoms with Crippen LogP contribution in [-0.4, -0.2) is 20.2 Å². The van der Waals surface area contributed by atoms with Gasteiger partial charge in [-0.2, -0.15) is 0 Å². The molecular weight excluding hydrogens is 360 g/mol. The van der Waals surface area contributed by atoms with Crippen molar-refractivity contribution in [3.8, 4) is 0 Å². The summed E-state index contributed by atoms with van der Waals surface area (Å²) in [5.74, 6) is 1.27. The molecule has 0 aromatic heterocycles. The smallest absolute Gasteiger partial charge is 0.261 e. The number of carbonyl (C=O) groups is 1. The van der Waals surface area contributed by atoms with E-state index in [0.29, 0.717) is 18.1 Å². The number of hydrogen-bond acceptors (Lipinski definition) is 2. The Balaban J connectivity index is 1.84. The normalized spacial score (nSPS) is 27.2. The Bertz CT molecular complexity index is 814. The molecule has 2 nitrogen and oxygen atoms in total. The Morgan fingerprint density at radius 3 is 1.96 bits per heavy atom. The first-order valence-corrected chi connectivity index (χ1v) is 12.2. The highest BCUT2D eigenvalue weighted by Crippen LogP contribution is 2.51. The Labute approximate surface area is 169 Å². The molecule has 2 saturated carbocycles. The first-order valence-electron chi connectivity index (χ1n) is 10.3. The van der Waals surface area contributed by atoms with Gasteiger partial charge in [0.2, 0.25) is 0 Å². The lowest BCUT2D eigenvalue weighted by Gasteiger charge is -2.45. The molecule has 3 heteroatoms. The van der Waals surface area contributed by atoms with Gasteiger partial charge in [0.05, 0.1) is 6.10 Å². The zero-order valence-corrected chi connectivity index (χ0v) is 18.1. The Kier molecular flexibility index (Phi) is 4.92. The Morgan fingerprint density at radius 1 is 1.00 bits per heavy atom. The van der Waals surface area contributed by atoms with Crippen LogP contribution in [0.15, 0.2) is 73.3 Å². The van der Waals surface area contributed by atoms with Crippen LogP contribution in [0, 0.1) is 17.8 Å². The molecule has 28 heavy (non-hydrogen) atoms. The highest BCUT2D eigenvalue weighted by molar-refractivity contribution is 6.99. The van der Waals surface area contributed by atoms with E-state index >= 15 is 0 Å². The summed E-state index contributed by atoms with van der Waals surface area (Å²) in [6.45, 7) is 11.0. The van der Waals surface area contributed by atoms with Crippen molar-refractivity contribution in [3.05, 3.63) is 73.3 Å². The Hall–Kier alpha value is -1.97. The van der Waals surface area contributed by atoms with Crippen molar-refractivity contribution >= 4 is 24.5 Å². The van der Waals surface area contributed by atoms with Crippen LogP contribution in [0.1, 0.15) is 33.6 Å². The first kappa shape index (κ1) is 19.3. The fraction of sp³-hybridized carbons (Fsp3) is 0.400. The predicted octanol–water partition coefficient (Wildman–Crippen LogP) is 4.34. The van der Waals surface area contributed by atoms with E-state index in [-0.39, 0.29) is 23.0 Å². The number of rotatable bonds is 5. The molecule has 0 amide bonds. The zero-order valence-electron chi connectivity index (χ0n) is 17.1. The lowest BCUT2D eigenvalue weighted by molar-refractivity contribution is -0.133. The number of fused-ring (bicyclic) bond motifs is 1. The third kappa shape index (κ3) is 2.92. The van der Waals surface area contributed by atoms with Gasteiger partial charge in [0, 0.05) is 18.3 Å². The summed E-state index contributed by atoms with van der Waals surface area (Å²) in [7, 11) is -2.58. The highest BCUT2D eigenvalue weighted by Gasteiger charge is 2.57. The van der Waals surface area contributed by atoms with Crippen LogP contribution in [0.25, 0.3) is 0 Å². The van der Waals surface area contributed by atoms with Crippen LogP contribution in [0.5, 0.6) is 0 Å². The molecule has 2 fully saturated rings. The maximum absolute atomic E-state index is 12.1. The van der Waals surface area contributed by atoms with Crippen LogP contribution in [0.4, 0.5) is 0 Å². The second kappa shape index (κ2) is 7.13. The standard InChI is InChI=1S/C25H30O2Si/c1-5-20-21-16-23(26)22(21)17-24(20)27-28(25(2,3)4,18-12-8-6-9-13-18)19-14-10-7-11-15-19/h5-15,20-22,24H,1,16-17H2,2-4H3/t20-,21-,22+,24-/m1/s1. The molecule has 0 radical (unpaired) electrons. The molecule has 146 valence electrons. The van der Waals surface area contributed by atoms with Crippen molar-refractivity contribution in [1.29, 1.82) is 0 Å². The van der Waals surface area contributed by atoms with Gasteiger partial charge < -0.3 is 4.43 Å². The monoisotopic (exact) mass is 390 g/mol. The van der Waals surface area contributed by atoms with E-state index in [2.05, 4.69) is 88.0 Å². The zero-order chi connectivity index (χ0) is 19.9. The van der Waals surface area contributed by atoms with Crippen molar-refractivity contribution in [2.45, 2.75) is 44.8 Å². The molecule has 0 N–H and O–H groups in total. The molecule has 2 aromatic carbocycles. The number of ketones is 1. The van der Waals surface area contributed by atoms with Crippen LogP contribution in [-0.2, 0) is 9.22 Å². The first-order chi connectivity index (χ1) is 13.4. The quantitative estimate of drug-likeness (QED) is 0.561. The van der Waals surface area contributed by atoms with E-state index in [1.807, 2.05) is 6.08 Å². The van der Waals surface area contributed by atoms with Gasteiger partial charge in [0.15, 0.2) is 0 Å². The minimum absolute atomic E-state index is 0.0485. The van der Waals surface area contributed by atoms with Crippen molar-refractivity contribution in [2.75, 3.05) is 0 Å². The maximum atomic E-state index is 12.1. The molecule has 0 unspecified atom stereocenters. The molecule has 4 atom stereocenters. The van der Waals surface area contributed by atoms with Crippen LogP contribution in [0.3, 0.4) is 0 Å². The molecule has 0 saturated heterocycles. The van der Waals surface area contributed by atoms with Crippen molar-refractivity contribution in [2.24, 2.45) is 17.8 Å². The summed E-state index contributed by atoms with van der Waals surface area (Å²) < 4.78 is 7.28. The van der Waals surface area contributed by atoms with Crippen molar-refractivity contribution in [3.63, 3.8) is 0 Å². The van der Waals surface area contributed by atoms with Crippen LogP contribution < -0.4 is 10.4 Å². The molecule has 0 bridgehead atoms. The fourth-order valence-electron chi connectivity index (χ4n) is 5.37. The van der Waals surface area contributed by atoms with Gasteiger partial charge in [-0.1, -0.05) is 87.5 Å². The summed E-state index contributed by atoms with van der Waals surface area (Å²) >= 11 is 0. The average molecular weight is 391 g/mol. The van der Waals surface area contributed by atoms with E-state index in [9.17, 15) is 4.79 Å². The minimum atomic E-state index is -2.58. The van der Waals surface area contributed by atoms with Gasteiger partial charge in [-0.3, -0.25) is 4.79 Å². The lowest BCUT2D eigenvalue weighted by Crippen LogP contribution is -2.68. The summed E-state index contributed by atoms with van der Waals surface area (Å²) in [6, 6.07) is 21.5. The molecule has 2 aliphatic rings. The van der Waals surface area contributed by atoms with Gasteiger partial charge in [-0.15, -0.1) is 6.58 Å². The van der Waals surface area contributed by atoms with E-state index in [0.717, 1.165) is 6.42 Å². The largest absolute Gasteiger partial charge is 0.404 e. The number of carbonyl (C=O) groups excluding carboxylic acids is 1. The second-order valence-corrected chi connectivity index (χ2v) is 13.6. The summed E-state index contributed by atoms with van der Waals surface area (Å²) in [6.07, 6.45) is 3.64. The molecule has 4 rings (SSSR count). The number of Topliss-reactive ketones (excluding diaryl/α,β-unsaturated/α-hetero) is 1. The predicted molar refractivity (Wildman–Crippen MR) is 117 cm³/mol. The average Bonchev–Trinajstić information content (AvgIpc) is 2.97. The van der Waals surface area contributed by atoms with Crippen molar-refractivity contribution < 1.29 is 9.22 Å². The van der Waals surface area contributed by atoms with Crippen LogP contribution >= 0.6 is 0 Å². The molecule has 2 aliphatic carbocycles. The molecular formula is C25H30O2Si. The molecule has 0 aliphatic heterocycles. The van der Waals surface area contributed by atoms with Gasteiger partial charge >= 0.3 is 0 Å². The number of benzene rings is 2. The van der Waals surface area contributed by atoms with Gasteiger partial charge in [-0.05, 0) is 27.8 Å².